The highest BCUT2D eigenvalue weighted by atomic mass is 32.1. The van der Waals surface area contributed by atoms with Crippen molar-refractivity contribution in [3.05, 3.63) is 22.4 Å². The number of likely N-dealkylation sites (N-methyl/N-ethyl adjacent to an activating group) is 1. The molecule has 1 saturated heterocycles. The van der Waals surface area contributed by atoms with Crippen molar-refractivity contribution < 1.29 is 4.79 Å². The number of likely N-dealkylation sites (tertiary alicyclic amines) is 1. The van der Waals surface area contributed by atoms with Crippen LogP contribution in [-0.4, -0.2) is 36.5 Å². The van der Waals surface area contributed by atoms with Crippen LogP contribution in [0.5, 0.6) is 0 Å². The molecule has 1 fully saturated rings. The Labute approximate surface area is 100 Å². The molecule has 0 spiro atoms. The molecule has 1 aliphatic rings. The van der Waals surface area contributed by atoms with E-state index in [-0.39, 0.29) is 11.9 Å². The summed E-state index contributed by atoms with van der Waals surface area (Å²) in [5, 5.41) is 7.47. The van der Waals surface area contributed by atoms with Gasteiger partial charge in [0.15, 0.2) is 0 Å². The lowest BCUT2D eigenvalue weighted by Crippen LogP contribution is -2.38. The van der Waals surface area contributed by atoms with Gasteiger partial charge in [-0.15, -0.1) is 0 Å². The summed E-state index contributed by atoms with van der Waals surface area (Å²) < 4.78 is 0. The summed E-state index contributed by atoms with van der Waals surface area (Å²) in [7, 11) is 0. The zero-order chi connectivity index (χ0) is 11.4. The van der Waals surface area contributed by atoms with E-state index in [9.17, 15) is 4.79 Å². The first-order valence-corrected chi connectivity index (χ1v) is 6.78. The fourth-order valence-electron chi connectivity index (χ4n) is 2.10. The van der Waals surface area contributed by atoms with Gasteiger partial charge in [0, 0.05) is 13.1 Å². The van der Waals surface area contributed by atoms with Crippen LogP contribution >= 0.6 is 11.3 Å². The number of thiophene rings is 1. The lowest BCUT2D eigenvalue weighted by atomic mass is 10.2. The SMILES string of the molecule is CCNC1CCN(CCc2ccsc2)C1=O. The molecule has 0 saturated carbocycles. The first-order chi connectivity index (χ1) is 7.81. The molecule has 1 aromatic rings. The molecule has 1 aliphatic heterocycles. The summed E-state index contributed by atoms with van der Waals surface area (Å²) in [6.07, 6.45) is 1.93. The molecule has 1 atom stereocenters. The second-order valence-corrected chi connectivity index (χ2v) is 4.89. The van der Waals surface area contributed by atoms with Crippen molar-refractivity contribution >= 4 is 17.2 Å². The van der Waals surface area contributed by atoms with Crippen molar-refractivity contribution in [3.8, 4) is 0 Å². The van der Waals surface area contributed by atoms with Crippen LogP contribution in [0.3, 0.4) is 0 Å². The van der Waals surface area contributed by atoms with Crippen LogP contribution in [0.15, 0.2) is 16.8 Å². The predicted molar refractivity (Wildman–Crippen MR) is 66.7 cm³/mol. The summed E-state index contributed by atoms with van der Waals surface area (Å²) in [5.41, 5.74) is 1.34. The third-order valence-electron chi connectivity index (χ3n) is 3.00. The molecule has 2 heterocycles. The second-order valence-electron chi connectivity index (χ2n) is 4.11. The Balaban J connectivity index is 1.81. The molecular formula is C12H18N2OS. The monoisotopic (exact) mass is 238 g/mol. The topological polar surface area (TPSA) is 32.3 Å². The van der Waals surface area contributed by atoms with E-state index in [1.54, 1.807) is 11.3 Å². The molecule has 16 heavy (non-hydrogen) atoms. The van der Waals surface area contributed by atoms with E-state index in [4.69, 9.17) is 0 Å². The first-order valence-electron chi connectivity index (χ1n) is 5.84. The molecule has 3 nitrogen and oxygen atoms in total. The lowest BCUT2D eigenvalue weighted by molar-refractivity contribution is -0.129. The van der Waals surface area contributed by atoms with Gasteiger partial charge in [-0.3, -0.25) is 4.79 Å². The molecular weight excluding hydrogens is 220 g/mol. The van der Waals surface area contributed by atoms with E-state index in [1.807, 2.05) is 11.8 Å². The minimum atomic E-state index is 0.0625. The highest BCUT2D eigenvalue weighted by Gasteiger charge is 2.30. The van der Waals surface area contributed by atoms with Crippen LogP contribution < -0.4 is 5.32 Å². The fraction of sp³-hybridized carbons (Fsp3) is 0.583. The van der Waals surface area contributed by atoms with Gasteiger partial charge in [-0.25, -0.2) is 0 Å². The van der Waals surface area contributed by atoms with Crippen LogP contribution in [0.4, 0.5) is 0 Å². The van der Waals surface area contributed by atoms with Gasteiger partial charge in [0.2, 0.25) is 5.91 Å². The van der Waals surface area contributed by atoms with Crippen LogP contribution in [0.25, 0.3) is 0 Å². The van der Waals surface area contributed by atoms with Gasteiger partial charge >= 0.3 is 0 Å². The average molecular weight is 238 g/mol. The maximum absolute atomic E-state index is 11.9. The van der Waals surface area contributed by atoms with Gasteiger partial charge in [0.1, 0.15) is 0 Å². The van der Waals surface area contributed by atoms with Gasteiger partial charge in [0.05, 0.1) is 6.04 Å². The van der Waals surface area contributed by atoms with Crippen molar-refractivity contribution in [1.29, 1.82) is 0 Å². The fourth-order valence-corrected chi connectivity index (χ4v) is 2.80. The largest absolute Gasteiger partial charge is 0.341 e. The molecule has 0 radical (unpaired) electrons. The van der Waals surface area contributed by atoms with Gasteiger partial charge in [-0.2, -0.15) is 11.3 Å². The smallest absolute Gasteiger partial charge is 0.239 e. The molecule has 0 bridgehead atoms. The van der Waals surface area contributed by atoms with Crippen LogP contribution in [0.2, 0.25) is 0 Å². The Kier molecular flexibility index (Phi) is 3.96. The molecule has 1 N–H and O–H groups in total. The molecule has 4 heteroatoms. The molecule has 88 valence electrons. The van der Waals surface area contributed by atoms with E-state index < -0.39 is 0 Å². The van der Waals surface area contributed by atoms with Gasteiger partial charge in [-0.1, -0.05) is 6.92 Å². The Morgan fingerprint density at radius 1 is 1.62 bits per heavy atom. The minimum Gasteiger partial charge on any atom is -0.341 e. The highest BCUT2D eigenvalue weighted by Crippen LogP contribution is 2.13. The number of nitrogens with zero attached hydrogens (tertiary/aromatic N) is 1. The number of hydrogen-bond acceptors (Lipinski definition) is 3. The maximum Gasteiger partial charge on any atom is 0.239 e. The number of nitrogens with one attached hydrogen (secondary N) is 1. The van der Waals surface area contributed by atoms with Crippen LogP contribution in [0.1, 0.15) is 18.9 Å². The van der Waals surface area contributed by atoms with Crippen molar-refractivity contribution in [2.75, 3.05) is 19.6 Å². The molecule has 1 amide bonds. The zero-order valence-electron chi connectivity index (χ0n) is 9.61. The van der Waals surface area contributed by atoms with E-state index in [0.717, 1.165) is 32.5 Å². The summed E-state index contributed by atoms with van der Waals surface area (Å²) in [6, 6.07) is 2.19. The summed E-state index contributed by atoms with van der Waals surface area (Å²) >= 11 is 1.72. The average Bonchev–Trinajstić information content (AvgIpc) is 2.89. The van der Waals surface area contributed by atoms with E-state index in [2.05, 4.69) is 22.1 Å². The third kappa shape index (κ3) is 2.62. The van der Waals surface area contributed by atoms with Crippen molar-refractivity contribution in [2.45, 2.75) is 25.8 Å². The number of rotatable bonds is 5. The van der Waals surface area contributed by atoms with Gasteiger partial charge in [0.25, 0.3) is 0 Å². The Morgan fingerprint density at radius 3 is 3.19 bits per heavy atom. The van der Waals surface area contributed by atoms with Gasteiger partial charge in [-0.05, 0) is 41.8 Å². The van der Waals surface area contributed by atoms with Crippen molar-refractivity contribution in [1.82, 2.24) is 10.2 Å². The van der Waals surface area contributed by atoms with E-state index in [1.165, 1.54) is 5.56 Å². The standard InChI is InChI=1S/C12H18N2OS/c1-2-13-11-4-7-14(12(11)15)6-3-10-5-8-16-9-10/h5,8-9,11,13H,2-4,6-7H2,1H3. The maximum atomic E-state index is 11.9. The van der Waals surface area contributed by atoms with Crippen molar-refractivity contribution in [3.63, 3.8) is 0 Å². The quantitative estimate of drug-likeness (QED) is 0.843. The van der Waals surface area contributed by atoms with Crippen molar-refractivity contribution in [2.24, 2.45) is 0 Å². The molecule has 0 aliphatic carbocycles. The normalized spacial score (nSPS) is 20.7. The zero-order valence-corrected chi connectivity index (χ0v) is 10.4. The van der Waals surface area contributed by atoms with E-state index in [0.29, 0.717) is 0 Å². The van der Waals surface area contributed by atoms with Crippen LogP contribution in [-0.2, 0) is 11.2 Å². The lowest BCUT2D eigenvalue weighted by Gasteiger charge is -2.16. The van der Waals surface area contributed by atoms with Gasteiger partial charge < -0.3 is 10.2 Å². The van der Waals surface area contributed by atoms with Crippen LogP contribution in [0, 0.1) is 0 Å². The Bertz CT molecular complexity index is 337. The summed E-state index contributed by atoms with van der Waals surface area (Å²) in [5.74, 6) is 0.275. The number of carbonyl (C=O) groups is 1. The molecule has 1 unspecified atom stereocenters. The number of hydrogen-bond donors (Lipinski definition) is 1. The Hall–Kier alpha value is -0.870. The number of amides is 1. The minimum absolute atomic E-state index is 0.0625. The number of carbonyl (C=O) groups excluding carboxylic acids is 1. The molecule has 1 aromatic heterocycles. The molecule has 0 aromatic carbocycles. The summed E-state index contributed by atoms with van der Waals surface area (Å²) in [6.45, 7) is 4.67. The summed E-state index contributed by atoms with van der Waals surface area (Å²) in [4.78, 5) is 13.9. The Morgan fingerprint density at radius 2 is 2.50 bits per heavy atom. The molecule has 2 rings (SSSR count). The first kappa shape index (κ1) is 11.6. The second kappa shape index (κ2) is 5.46. The third-order valence-corrected chi connectivity index (χ3v) is 3.73. The highest BCUT2D eigenvalue weighted by molar-refractivity contribution is 7.07. The van der Waals surface area contributed by atoms with E-state index >= 15 is 0 Å². The predicted octanol–water partition coefficient (Wildman–Crippen LogP) is 1.50.